The van der Waals surface area contributed by atoms with E-state index in [9.17, 15) is 24.0 Å². The molecule has 0 spiro atoms. The Hall–Kier alpha value is -4.81. The number of esters is 1. The van der Waals surface area contributed by atoms with Crippen LogP contribution in [-0.4, -0.2) is 214 Å². The van der Waals surface area contributed by atoms with Crippen LogP contribution in [0.25, 0.3) is 0 Å². The van der Waals surface area contributed by atoms with E-state index in [2.05, 4.69) is 47.0 Å². The van der Waals surface area contributed by atoms with E-state index in [1.54, 1.807) is 40.6 Å². The molecule has 1 aromatic carbocycles. The number of nitrogens with zero attached hydrogens (tertiary/aromatic N) is 3. The number of hydrogen-bond acceptors (Lipinski definition) is 21. The van der Waals surface area contributed by atoms with Gasteiger partial charge in [-0.3, -0.25) is 19.2 Å². The maximum Gasteiger partial charge on any atom is 0.312 e. The Kier molecular flexibility index (Phi) is 42.5. The summed E-state index contributed by atoms with van der Waals surface area (Å²) in [6.07, 6.45) is 4.02. The Morgan fingerprint density at radius 1 is 0.667 bits per heavy atom. The van der Waals surface area contributed by atoms with Gasteiger partial charge in [-0.05, 0) is 54.7 Å². The fourth-order valence-electron chi connectivity index (χ4n) is 7.13. The van der Waals surface area contributed by atoms with Crippen LogP contribution in [0.2, 0.25) is 0 Å². The second kappa shape index (κ2) is 47.7. The molecule has 0 unspecified atom stereocenters. The van der Waals surface area contributed by atoms with Crippen LogP contribution in [0.4, 0.5) is 10.5 Å². The molecule has 7 N–H and O–H groups in total. The number of ether oxygens (including phenoxy) is 12. The molecular formula is C55H96N8O18. The van der Waals surface area contributed by atoms with Gasteiger partial charge in [0, 0.05) is 43.8 Å². The number of nitrogens with one attached hydrogen (secondary N) is 4. The molecule has 2 atom stereocenters. The van der Waals surface area contributed by atoms with Gasteiger partial charge in [0.25, 0.3) is 0 Å². The number of carbonyl (C=O) groups is 5. The lowest BCUT2D eigenvalue weighted by Crippen LogP contribution is -2.45. The minimum atomic E-state index is -0.857. The minimum absolute atomic E-state index is 0.0134. The summed E-state index contributed by atoms with van der Waals surface area (Å²) < 4.78 is 68.0. The number of urea groups is 1. The first-order valence-electron chi connectivity index (χ1n) is 28.2. The summed E-state index contributed by atoms with van der Waals surface area (Å²) in [5.74, 6) is -2.46. The SMILES string of the molecule is CC(C)C[C@H](NC(=O)CNO)C(=O)C[C@@H](CCCNC(N)=O)C(=O)Nc1ccc(COC(=O)CCc2cn(CCOCCOCCOCCOCCOCCOCCOCCOCCOCCOCCOCCC(C)(C)C)nn2)cc1. The van der Waals surface area contributed by atoms with Gasteiger partial charge in [0.15, 0.2) is 5.78 Å². The van der Waals surface area contributed by atoms with Crippen LogP contribution in [0.3, 0.4) is 0 Å². The Morgan fingerprint density at radius 2 is 1.14 bits per heavy atom. The molecule has 1 heterocycles. The van der Waals surface area contributed by atoms with E-state index in [1.807, 2.05) is 13.8 Å². The number of carbonyl (C=O) groups excluding carboxylic acids is 5. The topological polar surface area (TPSA) is 321 Å². The molecular weight excluding hydrogens is 1060 g/mol. The van der Waals surface area contributed by atoms with E-state index in [1.165, 1.54) is 0 Å². The minimum Gasteiger partial charge on any atom is -0.461 e. The summed E-state index contributed by atoms with van der Waals surface area (Å²) in [5.41, 5.74) is 9.02. The zero-order valence-electron chi connectivity index (χ0n) is 48.8. The molecule has 0 radical (unpaired) electrons. The molecule has 0 fully saturated rings. The summed E-state index contributed by atoms with van der Waals surface area (Å²) in [7, 11) is 0. The van der Waals surface area contributed by atoms with Crippen molar-refractivity contribution >= 4 is 35.3 Å². The number of amides is 4. The molecule has 0 saturated heterocycles. The Labute approximate surface area is 478 Å². The van der Waals surface area contributed by atoms with Crippen LogP contribution < -0.4 is 27.2 Å². The second-order valence-corrected chi connectivity index (χ2v) is 20.3. The zero-order chi connectivity index (χ0) is 59.0. The highest BCUT2D eigenvalue weighted by Crippen LogP contribution is 2.20. The van der Waals surface area contributed by atoms with Crippen LogP contribution in [0.1, 0.15) is 84.4 Å². The second-order valence-electron chi connectivity index (χ2n) is 20.3. The van der Waals surface area contributed by atoms with Gasteiger partial charge < -0.3 is 83.7 Å². The van der Waals surface area contributed by atoms with E-state index in [0.717, 1.165) is 13.0 Å². The smallest absolute Gasteiger partial charge is 0.312 e. The molecule has 0 aliphatic heterocycles. The maximum absolute atomic E-state index is 13.5. The summed E-state index contributed by atoms with van der Waals surface area (Å²) >= 11 is 0. The molecule has 0 aliphatic rings. The van der Waals surface area contributed by atoms with Crippen molar-refractivity contribution in [3.63, 3.8) is 0 Å². The number of primary amides is 1. The third-order valence-electron chi connectivity index (χ3n) is 11.5. The predicted octanol–water partition coefficient (Wildman–Crippen LogP) is 3.05. The Morgan fingerprint density at radius 3 is 1.58 bits per heavy atom. The van der Waals surface area contributed by atoms with Gasteiger partial charge in [0.1, 0.15) is 6.61 Å². The van der Waals surface area contributed by atoms with Gasteiger partial charge in [0.05, 0.1) is 170 Å². The summed E-state index contributed by atoms with van der Waals surface area (Å²) in [6, 6.07) is 5.18. The number of aromatic nitrogens is 3. The van der Waals surface area contributed by atoms with Crippen molar-refractivity contribution in [1.82, 2.24) is 31.1 Å². The van der Waals surface area contributed by atoms with Crippen LogP contribution in [-0.2, 0) is 95.6 Å². The third-order valence-corrected chi connectivity index (χ3v) is 11.5. The van der Waals surface area contributed by atoms with E-state index < -0.39 is 35.8 Å². The number of anilines is 1. The molecule has 26 heteroatoms. The summed E-state index contributed by atoms with van der Waals surface area (Å²) in [5, 5.41) is 25.1. The standard InChI is InChI=1S/C55H96N8O18/c1-44(2)39-49(60-51(65)41-58-69)50(64)40-46(7-6-15-57-54(56)68)53(67)59-47-10-8-45(9-11-47)43-81-52(66)13-12-48-42-63(62-61-48)16-18-71-20-22-73-24-26-75-28-30-77-32-34-79-36-38-80-37-35-78-33-31-76-29-27-74-25-23-72-21-19-70-17-14-55(3,4)5/h8-11,42,44,46,49,58,69H,6-7,12-41,43H2,1-5H3,(H,59,67)(H,60,65)(H3,56,57,68)/t46-,49+/m1/s1. The van der Waals surface area contributed by atoms with E-state index in [0.29, 0.717) is 181 Å². The molecule has 464 valence electrons. The van der Waals surface area contributed by atoms with Gasteiger partial charge in [-0.15, -0.1) is 5.10 Å². The fourth-order valence-corrected chi connectivity index (χ4v) is 7.13. The van der Waals surface area contributed by atoms with Crippen molar-refractivity contribution in [2.45, 2.75) is 98.8 Å². The van der Waals surface area contributed by atoms with E-state index in [4.69, 9.17) is 67.8 Å². The highest BCUT2D eigenvalue weighted by atomic mass is 16.6. The molecule has 0 saturated carbocycles. The number of rotatable bonds is 54. The van der Waals surface area contributed by atoms with Crippen molar-refractivity contribution in [3.8, 4) is 0 Å². The van der Waals surface area contributed by atoms with Crippen molar-refractivity contribution in [3.05, 3.63) is 41.7 Å². The summed E-state index contributed by atoms with van der Waals surface area (Å²) in [6.45, 7) is 21.5. The van der Waals surface area contributed by atoms with Crippen molar-refractivity contribution in [2.24, 2.45) is 23.0 Å². The largest absolute Gasteiger partial charge is 0.461 e. The average molecular weight is 1160 g/mol. The fraction of sp³-hybridized carbons (Fsp3) is 0.764. The highest BCUT2D eigenvalue weighted by molar-refractivity contribution is 5.97. The lowest BCUT2D eigenvalue weighted by Gasteiger charge is -2.23. The average Bonchev–Trinajstić information content (AvgIpc) is 3.88. The number of nitrogens with two attached hydrogens (primary N) is 1. The number of ketones is 1. The first kappa shape index (κ1) is 72.3. The summed E-state index contributed by atoms with van der Waals surface area (Å²) in [4.78, 5) is 62.7. The van der Waals surface area contributed by atoms with Crippen LogP contribution >= 0.6 is 0 Å². The molecule has 26 nitrogen and oxygen atoms in total. The Bertz CT molecular complexity index is 1930. The van der Waals surface area contributed by atoms with Crippen LogP contribution in [0.5, 0.6) is 0 Å². The highest BCUT2D eigenvalue weighted by Gasteiger charge is 2.28. The number of Topliss-reactive ketones (excluding diaryl/α,β-unsaturated/α-hetero) is 1. The number of aryl methyl sites for hydroxylation is 1. The molecule has 2 rings (SSSR count). The molecule has 0 aliphatic carbocycles. The van der Waals surface area contributed by atoms with Crippen LogP contribution in [0, 0.1) is 17.3 Å². The van der Waals surface area contributed by atoms with Crippen molar-refractivity contribution in [1.29, 1.82) is 0 Å². The maximum atomic E-state index is 13.5. The number of hydrogen-bond donors (Lipinski definition) is 6. The first-order chi connectivity index (χ1) is 39.1. The molecule has 81 heavy (non-hydrogen) atoms. The predicted molar refractivity (Wildman–Crippen MR) is 297 cm³/mol. The van der Waals surface area contributed by atoms with Gasteiger partial charge in [-0.25, -0.2) is 9.48 Å². The number of benzene rings is 1. The molecule has 4 amide bonds. The molecule has 0 bridgehead atoms. The molecule has 1 aromatic heterocycles. The first-order valence-corrected chi connectivity index (χ1v) is 28.2. The third kappa shape index (κ3) is 42.6. The van der Waals surface area contributed by atoms with Crippen molar-refractivity contribution < 1.29 is 86.0 Å². The normalized spacial score (nSPS) is 12.4. The van der Waals surface area contributed by atoms with Gasteiger partial charge in [0.2, 0.25) is 11.8 Å². The van der Waals surface area contributed by atoms with Gasteiger partial charge in [-0.1, -0.05) is 52.0 Å². The monoisotopic (exact) mass is 1160 g/mol. The zero-order valence-corrected chi connectivity index (χ0v) is 48.8. The quantitative estimate of drug-likeness (QED) is 0.0315. The van der Waals surface area contributed by atoms with E-state index in [-0.39, 0.29) is 56.1 Å². The van der Waals surface area contributed by atoms with Crippen molar-refractivity contribution in [2.75, 3.05) is 164 Å². The lowest BCUT2D eigenvalue weighted by molar-refractivity contribution is -0.145. The molecule has 2 aromatic rings. The van der Waals surface area contributed by atoms with Gasteiger partial charge in [-0.2, -0.15) is 5.48 Å². The number of hydroxylamine groups is 1. The van der Waals surface area contributed by atoms with E-state index >= 15 is 0 Å². The Balaban J connectivity index is 1.42. The van der Waals surface area contributed by atoms with Gasteiger partial charge >= 0.3 is 12.0 Å². The lowest BCUT2D eigenvalue weighted by atomic mass is 9.90. The van der Waals surface area contributed by atoms with Crippen LogP contribution in [0.15, 0.2) is 30.5 Å².